The lowest BCUT2D eigenvalue weighted by molar-refractivity contribution is 0.112. The molecule has 0 aliphatic carbocycles. The quantitative estimate of drug-likeness (QED) is 0.715. The van der Waals surface area contributed by atoms with Crippen molar-refractivity contribution in [1.82, 2.24) is 0 Å². The van der Waals surface area contributed by atoms with E-state index in [4.69, 9.17) is 0 Å². The Labute approximate surface area is 94.7 Å². The molecule has 3 heteroatoms. The summed E-state index contributed by atoms with van der Waals surface area (Å²) in [4.78, 5) is 13.3. The van der Waals surface area contributed by atoms with Gasteiger partial charge in [0.2, 0.25) is 0 Å². The molecule has 15 heavy (non-hydrogen) atoms. The summed E-state index contributed by atoms with van der Waals surface area (Å²) in [6.45, 7) is 4.12. The minimum absolute atomic E-state index is 0.821. The van der Waals surface area contributed by atoms with Crippen LogP contribution in [0.25, 0.3) is 0 Å². The standard InChI is InChI=1S/C12H15NOS/c1-10-2-3-12(11(8-10)9-14)13-4-6-15-7-5-13/h2-3,8-9H,4-7H2,1H3. The molecule has 1 aromatic carbocycles. The Balaban J connectivity index is 2.29. The highest BCUT2D eigenvalue weighted by atomic mass is 32.2. The van der Waals surface area contributed by atoms with Gasteiger partial charge in [-0.1, -0.05) is 11.6 Å². The van der Waals surface area contributed by atoms with Crippen molar-refractivity contribution in [2.24, 2.45) is 0 Å². The van der Waals surface area contributed by atoms with Crippen molar-refractivity contribution < 1.29 is 4.79 Å². The minimum Gasteiger partial charge on any atom is -0.369 e. The zero-order chi connectivity index (χ0) is 10.7. The Morgan fingerprint density at radius 2 is 2.07 bits per heavy atom. The Bertz CT molecular complexity index is 359. The van der Waals surface area contributed by atoms with Gasteiger partial charge in [0.05, 0.1) is 0 Å². The highest BCUT2D eigenvalue weighted by Crippen LogP contribution is 2.23. The van der Waals surface area contributed by atoms with Crippen molar-refractivity contribution in [2.75, 3.05) is 29.5 Å². The van der Waals surface area contributed by atoms with Crippen LogP contribution in [0, 0.1) is 6.92 Å². The van der Waals surface area contributed by atoms with Crippen LogP contribution in [0.2, 0.25) is 0 Å². The molecule has 1 fully saturated rings. The van der Waals surface area contributed by atoms with E-state index in [1.165, 1.54) is 0 Å². The molecular formula is C12H15NOS. The van der Waals surface area contributed by atoms with Gasteiger partial charge in [-0.2, -0.15) is 11.8 Å². The number of carbonyl (C=O) groups excluding carboxylic acids is 1. The van der Waals surface area contributed by atoms with Crippen LogP contribution < -0.4 is 4.90 Å². The van der Waals surface area contributed by atoms with Crippen LogP contribution in [0.15, 0.2) is 18.2 Å². The lowest BCUT2D eigenvalue weighted by atomic mass is 10.1. The number of aldehydes is 1. The van der Waals surface area contributed by atoms with Gasteiger partial charge in [0.25, 0.3) is 0 Å². The molecule has 0 saturated carbocycles. The molecule has 0 radical (unpaired) electrons. The van der Waals surface area contributed by atoms with E-state index in [2.05, 4.69) is 17.0 Å². The fourth-order valence-corrected chi connectivity index (χ4v) is 2.76. The number of aryl methyl sites for hydroxylation is 1. The predicted molar refractivity (Wildman–Crippen MR) is 66.1 cm³/mol. The molecule has 80 valence electrons. The van der Waals surface area contributed by atoms with Crippen molar-refractivity contribution in [3.63, 3.8) is 0 Å². The van der Waals surface area contributed by atoms with Gasteiger partial charge in [-0.25, -0.2) is 0 Å². The molecule has 0 amide bonds. The first-order valence-corrected chi connectivity index (χ1v) is 6.35. The molecule has 1 heterocycles. The molecule has 1 aromatic rings. The number of benzene rings is 1. The number of anilines is 1. The van der Waals surface area contributed by atoms with E-state index in [1.54, 1.807) is 0 Å². The van der Waals surface area contributed by atoms with Crippen molar-refractivity contribution in [1.29, 1.82) is 0 Å². The maximum atomic E-state index is 11.0. The topological polar surface area (TPSA) is 20.3 Å². The summed E-state index contributed by atoms with van der Waals surface area (Å²) < 4.78 is 0. The van der Waals surface area contributed by atoms with Crippen LogP contribution in [0.3, 0.4) is 0 Å². The van der Waals surface area contributed by atoms with Crippen LogP contribution in [0.4, 0.5) is 5.69 Å². The first-order chi connectivity index (χ1) is 7.31. The first kappa shape index (κ1) is 10.6. The monoisotopic (exact) mass is 221 g/mol. The van der Waals surface area contributed by atoms with Crippen molar-refractivity contribution >= 4 is 23.7 Å². The normalized spacial score (nSPS) is 16.5. The van der Waals surface area contributed by atoms with Crippen molar-refractivity contribution in [3.05, 3.63) is 29.3 Å². The summed E-state index contributed by atoms with van der Waals surface area (Å²) in [7, 11) is 0. The largest absolute Gasteiger partial charge is 0.369 e. The van der Waals surface area contributed by atoms with Gasteiger partial charge in [-0.3, -0.25) is 4.79 Å². The fourth-order valence-electron chi connectivity index (χ4n) is 1.86. The van der Waals surface area contributed by atoms with Gasteiger partial charge in [-0.15, -0.1) is 0 Å². The Hall–Kier alpha value is -0.960. The van der Waals surface area contributed by atoms with E-state index in [1.807, 2.05) is 24.8 Å². The minimum atomic E-state index is 0.821. The van der Waals surface area contributed by atoms with Crippen LogP contribution in [0.5, 0.6) is 0 Å². The van der Waals surface area contributed by atoms with E-state index >= 15 is 0 Å². The molecule has 2 rings (SSSR count). The molecule has 0 aromatic heterocycles. The number of hydrogen-bond acceptors (Lipinski definition) is 3. The first-order valence-electron chi connectivity index (χ1n) is 5.20. The van der Waals surface area contributed by atoms with Gasteiger partial charge in [-0.05, 0) is 19.1 Å². The lowest BCUT2D eigenvalue weighted by Gasteiger charge is -2.29. The second-order valence-electron chi connectivity index (χ2n) is 3.78. The smallest absolute Gasteiger partial charge is 0.152 e. The number of carbonyl (C=O) groups is 1. The summed E-state index contributed by atoms with van der Waals surface area (Å²) >= 11 is 1.98. The van der Waals surface area contributed by atoms with Crippen molar-refractivity contribution in [3.8, 4) is 0 Å². The highest BCUT2D eigenvalue weighted by Gasteiger charge is 2.14. The molecule has 1 saturated heterocycles. The van der Waals surface area contributed by atoms with Crippen LogP contribution in [-0.4, -0.2) is 30.9 Å². The van der Waals surface area contributed by atoms with Gasteiger partial charge in [0.1, 0.15) is 0 Å². The van der Waals surface area contributed by atoms with Gasteiger partial charge >= 0.3 is 0 Å². The van der Waals surface area contributed by atoms with Gasteiger partial charge in [0, 0.05) is 35.8 Å². The Morgan fingerprint density at radius 3 is 2.73 bits per heavy atom. The summed E-state index contributed by atoms with van der Waals surface area (Å²) in [6, 6.07) is 6.10. The molecule has 1 aliphatic rings. The van der Waals surface area contributed by atoms with Crippen LogP contribution >= 0.6 is 11.8 Å². The number of hydrogen-bond donors (Lipinski definition) is 0. The zero-order valence-corrected chi connectivity index (χ0v) is 9.72. The predicted octanol–water partition coefficient (Wildman–Crippen LogP) is 2.36. The molecule has 0 atom stereocenters. The molecule has 1 aliphatic heterocycles. The Morgan fingerprint density at radius 1 is 1.33 bits per heavy atom. The van der Waals surface area contributed by atoms with E-state index < -0.39 is 0 Å². The van der Waals surface area contributed by atoms with E-state index in [0.717, 1.165) is 47.7 Å². The summed E-state index contributed by atoms with van der Waals surface area (Å²) in [6.07, 6.45) is 0.962. The molecule has 0 N–H and O–H groups in total. The molecule has 0 bridgehead atoms. The average molecular weight is 221 g/mol. The second kappa shape index (κ2) is 4.71. The van der Waals surface area contributed by atoms with Gasteiger partial charge in [0.15, 0.2) is 6.29 Å². The molecule has 2 nitrogen and oxygen atoms in total. The second-order valence-corrected chi connectivity index (χ2v) is 5.00. The van der Waals surface area contributed by atoms with E-state index in [-0.39, 0.29) is 0 Å². The summed E-state index contributed by atoms with van der Waals surface area (Å²) in [5.74, 6) is 2.32. The Kier molecular flexibility index (Phi) is 3.31. The van der Waals surface area contributed by atoms with Crippen molar-refractivity contribution in [2.45, 2.75) is 6.92 Å². The third-order valence-corrected chi connectivity index (χ3v) is 3.60. The van der Waals surface area contributed by atoms with E-state index in [9.17, 15) is 4.79 Å². The lowest BCUT2D eigenvalue weighted by Crippen LogP contribution is -2.33. The number of nitrogens with zero attached hydrogens (tertiary/aromatic N) is 1. The molecular weight excluding hydrogens is 206 g/mol. The third kappa shape index (κ3) is 2.34. The zero-order valence-electron chi connectivity index (χ0n) is 8.90. The highest BCUT2D eigenvalue weighted by molar-refractivity contribution is 7.99. The number of rotatable bonds is 2. The number of thioether (sulfide) groups is 1. The summed E-state index contributed by atoms with van der Waals surface area (Å²) in [5.41, 5.74) is 3.06. The van der Waals surface area contributed by atoms with E-state index in [0.29, 0.717) is 0 Å². The SMILES string of the molecule is Cc1ccc(N2CCSCC2)c(C=O)c1. The van der Waals surface area contributed by atoms with Crippen LogP contribution in [0.1, 0.15) is 15.9 Å². The maximum absolute atomic E-state index is 11.0. The fraction of sp³-hybridized carbons (Fsp3) is 0.417. The molecule has 0 spiro atoms. The summed E-state index contributed by atoms with van der Waals surface area (Å²) in [5, 5.41) is 0. The average Bonchev–Trinajstić information content (AvgIpc) is 2.30. The van der Waals surface area contributed by atoms with Crippen LogP contribution in [-0.2, 0) is 0 Å². The van der Waals surface area contributed by atoms with Gasteiger partial charge < -0.3 is 4.90 Å². The third-order valence-electron chi connectivity index (χ3n) is 2.66. The molecule has 0 unspecified atom stereocenters. The maximum Gasteiger partial charge on any atom is 0.152 e.